The Balaban J connectivity index is 2.00. The van der Waals surface area contributed by atoms with Crippen LogP contribution in [0.2, 0.25) is 0 Å². The Morgan fingerprint density at radius 1 is 1.44 bits per heavy atom. The fraction of sp³-hybridized carbons (Fsp3) is 0.583. The molecule has 0 bridgehead atoms. The van der Waals surface area contributed by atoms with E-state index in [4.69, 9.17) is 5.73 Å². The topological polar surface area (TPSA) is 62.4 Å². The van der Waals surface area contributed by atoms with Crippen molar-refractivity contribution < 1.29 is 5.11 Å². The van der Waals surface area contributed by atoms with E-state index in [0.29, 0.717) is 11.8 Å². The van der Waals surface area contributed by atoms with Gasteiger partial charge < -0.3 is 10.8 Å². The van der Waals surface area contributed by atoms with Crippen LogP contribution >= 0.6 is 0 Å². The molecule has 1 fully saturated rings. The van der Waals surface area contributed by atoms with Gasteiger partial charge in [-0.05, 0) is 31.9 Å². The van der Waals surface area contributed by atoms with Crippen LogP contribution in [-0.4, -0.2) is 34.1 Å². The van der Waals surface area contributed by atoms with E-state index in [1.54, 1.807) is 6.07 Å². The average Bonchev–Trinajstić information content (AvgIpc) is 2.27. The van der Waals surface area contributed by atoms with E-state index in [2.05, 4.69) is 9.88 Å². The Morgan fingerprint density at radius 3 is 2.81 bits per heavy atom. The third-order valence-electron chi connectivity index (χ3n) is 3.09. The Labute approximate surface area is 96.1 Å². The zero-order valence-electron chi connectivity index (χ0n) is 9.69. The van der Waals surface area contributed by atoms with Crippen LogP contribution in [-0.2, 0) is 6.54 Å². The lowest BCUT2D eigenvalue weighted by atomic mass is 10.1. The largest absolute Gasteiger partial charge is 0.506 e. The van der Waals surface area contributed by atoms with Gasteiger partial charge in [-0.3, -0.25) is 9.88 Å². The summed E-state index contributed by atoms with van der Waals surface area (Å²) in [6, 6.07) is 3.88. The van der Waals surface area contributed by atoms with Gasteiger partial charge in [-0.2, -0.15) is 0 Å². The molecular formula is C12H19N3O. The highest BCUT2D eigenvalue weighted by atomic mass is 16.3. The molecule has 2 rings (SSSR count). The van der Waals surface area contributed by atoms with Crippen molar-refractivity contribution in [3.63, 3.8) is 0 Å². The summed E-state index contributed by atoms with van der Waals surface area (Å²) in [5, 5.41) is 9.70. The molecule has 1 aliphatic heterocycles. The van der Waals surface area contributed by atoms with Crippen molar-refractivity contribution in [1.82, 2.24) is 9.88 Å². The molecule has 1 aliphatic rings. The molecule has 4 heteroatoms. The third-order valence-corrected chi connectivity index (χ3v) is 3.09. The van der Waals surface area contributed by atoms with Gasteiger partial charge in [-0.25, -0.2) is 0 Å². The summed E-state index contributed by atoms with van der Waals surface area (Å²) in [5.41, 5.74) is 7.57. The second-order valence-corrected chi connectivity index (χ2v) is 4.53. The van der Waals surface area contributed by atoms with Crippen molar-refractivity contribution in [2.45, 2.75) is 32.4 Å². The molecule has 88 valence electrons. The molecule has 0 aromatic carbocycles. The Kier molecular flexibility index (Phi) is 3.41. The second-order valence-electron chi connectivity index (χ2n) is 4.53. The number of hydrogen-bond acceptors (Lipinski definition) is 4. The molecule has 1 aromatic rings. The van der Waals surface area contributed by atoms with Crippen molar-refractivity contribution in [2.75, 3.05) is 13.1 Å². The summed E-state index contributed by atoms with van der Waals surface area (Å²) < 4.78 is 0. The summed E-state index contributed by atoms with van der Waals surface area (Å²) in [6.07, 6.45) is 2.07. The monoisotopic (exact) mass is 221 g/mol. The summed E-state index contributed by atoms with van der Waals surface area (Å²) in [4.78, 5) is 6.66. The molecule has 0 unspecified atom stereocenters. The maximum absolute atomic E-state index is 9.70. The summed E-state index contributed by atoms with van der Waals surface area (Å²) >= 11 is 0. The Morgan fingerprint density at radius 2 is 2.12 bits per heavy atom. The zero-order valence-corrected chi connectivity index (χ0v) is 9.69. The highest BCUT2D eigenvalue weighted by Crippen LogP contribution is 2.18. The van der Waals surface area contributed by atoms with E-state index in [1.165, 1.54) is 0 Å². The van der Waals surface area contributed by atoms with E-state index in [-0.39, 0.29) is 0 Å². The minimum Gasteiger partial charge on any atom is -0.506 e. The van der Waals surface area contributed by atoms with Gasteiger partial charge in [0.05, 0.1) is 5.69 Å². The molecule has 0 radical (unpaired) electrons. The van der Waals surface area contributed by atoms with Gasteiger partial charge in [0.2, 0.25) is 0 Å². The molecule has 1 saturated heterocycles. The van der Waals surface area contributed by atoms with Crippen LogP contribution < -0.4 is 5.73 Å². The van der Waals surface area contributed by atoms with E-state index >= 15 is 0 Å². The highest BCUT2D eigenvalue weighted by Gasteiger charge is 2.17. The fourth-order valence-corrected chi connectivity index (χ4v) is 2.04. The minimum atomic E-state index is 0.292. The molecule has 3 N–H and O–H groups in total. The lowest BCUT2D eigenvalue weighted by molar-refractivity contribution is 0.201. The quantitative estimate of drug-likeness (QED) is 0.782. The van der Waals surface area contributed by atoms with Crippen molar-refractivity contribution in [2.24, 2.45) is 5.73 Å². The van der Waals surface area contributed by atoms with Crippen LogP contribution in [0.3, 0.4) is 0 Å². The average molecular weight is 221 g/mol. The number of aromatic hydroxyl groups is 1. The van der Waals surface area contributed by atoms with E-state index in [0.717, 1.165) is 43.9 Å². The number of aromatic nitrogens is 1. The van der Waals surface area contributed by atoms with Gasteiger partial charge >= 0.3 is 0 Å². The van der Waals surface area contributed by atoms with Crippen LogP contribution in [0, 0.1) is 6.92 Å². The molecule has 2 heterocycles. The standard InChI is InChI=1S/C12H19N3O/c1-9-2-3-12(16)11(14-9)8-15-6-4-10(13)5-7-15/h2-3,10,16H,4-8,13H2,1H3. The lowest BCUT2D eigenvalue weighted by Gasteiger charge is -2.29. The number of pyridine rings is 1. The van der Waals surface area contributed by atoms with Crippen molar-refractivity contribution in [3.8, 4) is 5.75 Å². The SMILES string of the molecule is Cc1ccc(O)c(CN2CCC(N)CC2)n1. The first-order valence-electron chi connectivity index (χ1n) is 5.78. The van der Waals surface area contributed by atoms with Crippen LogP contribution in [0.25, 0.3) is 0 Å². The summed E-state index contributed by atoms with van der Waals surface area (Å²) in [5.74, 6) is 0.292. The molecule has 0 spiro atoms. The molecule has 16 heavy (non-hydrogen) atoms. The number of nitrogens with zero attached hydrogens (tertiary/aromatic N) is 2. The predicted octanol–water partition coefficient (Wildman–Crippen LogP) is 1.02. The van der Waals surface area contributed by atoms with Crippen LogP contribution in [0.5, 0.6) is 5.75 Å². The van der Waals surface area contributed by atoms with E-state index < -0.39 is 0 Å². The molecule has 0 aliphatic carbocycles. The number of hydrogen-bond donors (Lipinski definition) is 2. The third kappa shape index (κ3) is 2.71. The Bertz CT molecular complexity index is 359. The van der Waals surface area contributed by atoms with Gasteiger partial charge in [0.15, 0.2) is 0 Å². The maximum Gasteiger partial charge on any atom is 0.138 e. The molecule has 0 saturated carbocycles. The van der Waals surface area contributed by atoms with Crippen LogP contribution in [0.15, 0.2) is 12.1 Å². The molecular weight excluding hydrogens is 202 g/mol. The number of likely N-dealkylation sites (tertiary alicyclic amines) is 1. The van der Waals surface area contributed by atoms with Gasteiger partial charge in [-0.15, -0.1) is 0 Å². The summed E-state index contributed by atoms with van der Waals surface area (Å²) in [7, 11) is 0. The lowest BCUT2D eigenvalue weighted by Crippen LogP contribution is -2.39. The fourth-order valence-electron chi connectivity index (χ4n) is 2.04. The van der Waals surface area contributed by atoms with E-state index in [1.807, 2.05) is 13.0 Å². The highest BCUT2D eigenvalue weighted by molar-refractivity contribution is 5.27. The van der Waals surface area contributed by atoms with Crippen molar-refractivity contribution >= 4 is 0 Å². The first-order chi connectivity index (χ1) is 7.65. The Hall–Kier alpha value is -1.13. The van der Waals surface area contributed by atoms with Crippen LogP contribution in [0.1, 0.15) is 24.2 Å². The van der Waals surface area contributed by atoms with Gasteiger partial charge in [0, 0.05) is 31.4 Å². The van der Waals surface area contributed by atoms with E-state index in [9.17, 15) is 5.11 Å². The number of nitrogens with two attached hydrogens (primary N) is 1. The van der Waals surface area contributed by atoms with Crippen molar-refractivity contribution in [3.05, 3.63) is 23.5 Å². The molecule has 0 atom stereocenters. The first kappa shape index (κ1) is 11.4. The van der Waals surface area contributed by atoms with Crippen molar-refractivity contribution in [1.29, 1.82) is 0 Å². The normalized spacial score (nSPS) is 18.9. The number of piperidine rings is 1. The number of rotatable bonds is 2. The minimum absolute atomic E-state index is 0.292. The van der Waals surface area contributed by atoms with Gasteiger partial charge in [0.25, 0.3) is 0 Å². The maximum atomic E-state index is 9.70. The molecule has 4 nitrogen and oxygen atoms in total. The summed E-state index contributed by atoms with van der Waals surface area (Å²) in [6.45, 7) is 4.65. The molecule has 0 amide bonds. The van der Waals surface area contributed by atoms with Gasteiger partial charge in [0.1, 0.15) is 5.75 Å². The zero-order chi connectivity index (χ0) is 11.5. The van der Waals surface area contributed by atoms with Crippen LogP contribution in [0.4, 0.5) is 0 Å². The smallest absolute Gasteiger partial charge is 0.138 e. The number of aryl methyl sites for hydroxylation is 1. The molecule has 1 aromatic heterocycles. The first-order valence-corrected chi connectivity index (χ1v) is 5.78. The predicted molar refractivity (Wildman–Crippen MR) is 63.1 cm³/mol. The van der Waals surface area contributed by atoms with Gasteiger partial charge in [-0.1, -0.05) is 0 Å². The second kappa shape index (κ2) is 4.80.